The van der Waals surface area contributed by atoms with Crippen molar-refractivity contribution in [2.24, 2.45) is 0 Å². The van der Waals surface area contributed by atoms with Gasteiger partial charge in [0, 0.05) is 36.5 Å². The molecule has 0 aliphatic carbocycles. The Balaban J connectivity index is 1.45. The van der Waals surface area contributed by atoms with E-state index in [-0.39, 0.29) is 0 Å². The normalized spacial score (nSPS) is 12.0. The standard InChI is InChI=1S/C36H21N3S/c1-2-11-23(12-3-1)35-36(38-29-16-8-7-15-28(29)37-35)39-30-17-9-6-14-25(30)26-20-27-33(21-31(26)39)40-32-19-18-22-10-4-5-13-24(22)34(27)32/h1-21H. The summed E-state index contributed by atoms with van der Waals surface area (Å²) in [5.41, 5.74) is 5.99. The van der Waals surface area contributed by atoms with Crippen molar-refractivity contribution in [2.45, 2.75) is 0 Å². The van der Waals surface area contributed by atoms with Crippen LogP contribution in [0.1, 0.15) is 0 Å². The Morgan fingerprint density at radius 2 is 1.23 bits per heavy atom. The van der Waals surface area contributed by atoms with Gasteiger partial charge >= 0.3 is 0 Å². The second-order valence-corrected chi connectivity index (χ2v) is 11.3. The third-order valence-electron chi connectivity index (χ3n) is 7.97. The molecule has 0 aliphatic heterocycles. The number of thiophene rings is 1. The molecular weight excluding hydrogens is 506 g/mol. The topological polar surface area (TPSA) is 30.7 Å². The van der Waals surface area contributed by atoms with Gasteiger partial charge in [-0.2, -0.15) is 0 Å². The Morgan fingerprint density at radius 1 is 0.500 bits per heavy atom. The first-order valence-electron chi connectivity index (χ1n) is 13.4. The number of rotatable bonds is 2. The molecule has 0 amide bonds. The molecule has 186 valence electrons. The lowest BCUT2D eigenvalue weighted by molar-refractivity contribution is 1.08. The second-order valence-electron chi connectivity index (χ2n) is 10.2. The van der Waals surface area contributed by atoms with E-state index in [4.69, 9.17) is 9.97 Å². The molecule has 4 heteroatoms. The molecule has 9 aromatic rings. The van der Waals surface area contributed by atoms with Crippen molar-refractivity contribution >= 4 is 75.1 Å². The van der Waals surface area contributed by atoms with Crippen molar-refractivity contribution in [3.63, 3.8) is 0 Å². The maximum absolute atomic E-state index is 5.26. The van der Waals surface area contributed by atoms with Gasteiger partial charge in [-0.25, -0.2) is 9.97 Å². The molecule has 0 unspecified atom stereocenters. The highest BCUT2D eigenvalue weighted by atomic mass is 32.1. The highest BCUT2D eigenvalue weighted by molar-refractivity contribution is 7.26. The molecule has 6 aromatic carbocycles. The van der Waals surface area contributed by atoms with Crippen LogP contribution in [0.2, 0.25) is 0 Å². The summed E-state index contributed by atoms with van der Waals surface area (Å²) < 4.78 is 4.90. The monoisotopic (exact) mass is 527 g/mol. The van der Waals surface area contributed by atoms with Crippen LogP contribution < -0.4 is 0 Å². The van der Waals surface area contributed by atoms with Gasteiger partial charge in [0.1, 0.15) is 5.69 Å². The Kier molecular flexibility index (Phi) is 4.48. The summed E-state index contributed by atoms with van der Waals surface area (Å²) in [4.78, 5) is 10.4. The molecule has 40 heavy (non-hydrogen) atoms. The van der Waals surface area contributed by atoms with E-state index >= 15 is 0 Å². The molecule has 0 spiro atoms. The number of aromatic nitrogens is 3. The molecule has 0 bridgehead atoms. The van der Waals surface area contributed by atoms with Crippen molar-refractivity contribution in [1.82, 2.24) is 14.5 Å². The SMILES string of the molecule is c1ccc(-c2nc3ccccc3nc2-n2c3ccccc3c3cc4c(cc32)sc2ccc3ccccc3c24)cc1. The van der Waals surface area contributed by atoms with Gasteiger partial charge in [0.15, 0.2) is 5.82 Å². The van der Waals surface area contributed by atoms with Crippen LogP contribution in [-0.2, 0) is 0 Å². The van der Waals surface area contributed by atoms with Gasteiger partial charge in [-0.3, -0.25) is 4.57 Å². The van der Waals surface area contributed by atoms with E-state index < -0.39 is 0 Å². The lowest BCUT2D eigenvalue weighted by atomic mass is 10.0. The molecule has 0 N–H and O–H groups in total. The fraction of sp³-hybridized carbons (Fsp3) is 0. The molecule has 0 saturated heterocycles. The van der Waals surface area contributed by atoms with Crippen molar-refractivity contribution in [1.29, 1.82) is 0 Å². The third kappa shape index (κ3) is 3.05. The van der Waals surface area contributed by atoms with Crippen LogP contribution in [-0.4, -0.2) is 14.5 Å². The number of benzene rings is 6. The second kappa shape index (κ2) is 8.22. The Labute approximate surface area is 233 Å². The van der Waals surface area contributed by atoms with Crippen molar-refractivity contribution < 1.29 is 0 Å². The summed E-state index contributed by atoms with van der Waals surface area (Å²) in [6, 6.07) is 45.1. The van der Waals surface area contributed by atoms with Gasteiger partial charge in [0.2, 0.25) is 0 Å². The maximum Gasteiger partial charge on any atom is 0.165 e. The minimum atomic E-state index is 0.849. The van der Waals surface area contributed by atoms with Crippen LogP contribution in [0.25, 0.3) is 80.9 Å². The molecule has 3 nitrogen and oxygen atoms in total. The van der Waals surface area contributed by atoms with Crippen LogP contribution in [0.15, 0.2) is 127 Å². The Hall–Kier alpha value is -5.06. The van der Waals surface area contributed by atoms with E-state index in [1.54, 1.807) is 0 Å². The average molecular weight is 528 g/mol. The first-order valence-corrected chi connectivity index (χ1v) is 14.2. The summed E-state index contributed by atoms with van der Waals surface area (Å²) in [6.07, 6.45) is 0. The zero-order valence-corrected chi connectivity index (χ0v) is 22.2. The van der Waals surface area contributed by atoms with Crippen LogP contribution >= 0.6 is 11.3 Å². The van der Waals surface area contributed by atoms with Gasteiger partial charge in [-0.1, -0.05) is 91.0 Å². The zero-order chi connectivity index (χ0) is 26.2. The first kappa shape index (κ1) is 21.8. The van der Waals surface area contributed by atoms with E-state index in [0.717, 1.165) is 39.1 Å². The van der Waals surface area contributed by atoms with Crippen molar-refractivity contribution in [2.75, 3.05) is 0 Å². The van der Waals surface area contributed by atoms with Gasteiger partial charge < -0.3 is 0 Å². The maximum atomic E-state index is 5.26. The predicted molar refractivity (Wildman–Crippen MR) is 170 cm³/mol. The summed E-state index contributed by atoms with van der Waals surface area (Å²) in [5, 5.41) is 7.67. The number of hydrogen-bond donors (Lipinski definition) is 0. The molecule has 3 heterocycles. The van der Waals surface area contributed by atoms with E-state index in [1.807, 2.05) is 41.7 Å². The summed E-state index contributed by atoms with van der Waals surface area (Å²) in [5.74, 6) is 0.849. The Bertz CT molecular complexity index is 2430. The Morgan fingerprint density at radius 3 is 2.10 bits per heavy atom. The third-order valence-corrected chi connectivity index (χ3v) is 9.08. The molecule has 0 aliphatic rings. The number of fused-ring (bicyclic) bond motifs is 9. The van der Waals surface area contributed by atoms with Crippen LogP contribution in [0.5, 0.6) is 0 Å². The predicted octanol–water partition coefficient (Wildman–Crippen LogP) is 9.91. The number of hydrogen-bond acceptors (Lipinski definition) is 3. The van der Waals surface area contributed by atoms with Gasteiger partial charge in [-0.15, -0.1) is 11.3 Å². The largest absolute Gasteiger partial charge is 0.292 e. The van der Waals surface area contributed by atoms with E-state index in [9.17, 15) is 0 Å². The van der Waals surface area contributed by atoms with Crippen molar-refractivity contribution in [3.8, 4) is 17.1 Å². The van der Waals surface area contributed by atoms with Crippen LogP contribution in [0.3, 0.4) is 0 Å². The van der Waals surface area contributed by atoms with E-state index in [2.05, 4.69) is 102 Å². The first-order chi connectivity index (χ1) is 19.8. The zero-order valence-electron chi connectivity index (χ0n) is 21.4. The molecule has 0 atom stereocenters. The van der Waals surface area contributed by atoms with Gasteiger partial charge in [0.25, 0.3) is 0 Å². The highest BCUT2D eigenvalue weighted by Crippen LogP contribution is 2.43. The summed E-state index contributed by atoms with van der Waals surface area (Å²) >= 11 is 1.86. The quantitative estimate of drug-likeness (QED) is 0.224. The van der Waals surface area contributed by atoms with E-state index in [1.165, 1.54) is 41.7 Å². The molecule has 3 aromatic heterocycles. The fourth-order valence-corrected chi connectivity index (χ4v) is 7.31. The average Bonchev–Trinajstić information content (AvgIpc) is 3.54. The molecular formula is C36H21N3S. The molecule has 0 fully saturated rings. The van der Waals surface area contributed by atoms with Gasteiger partial charge in [-0.05, 0) is 47.2 Å². The lowest BCUT2D eigenvalue weighted by Gasteiger charge is -2.13. The van der Waals surface area contributed by atoms with Crippen LogP contribution in [0.4, 0.5) is 0 Å². The lowest BCUT2D eigenvalue weighted by Crippen LogP contribution is -2.03. The van der Waals surface area contributed by atoms with Crippen molar-refractivity contribution in [3.05, 3.63) is 127 Å². The van der Waals surface area contributed by atoms with Gasteiger partial charge in [0.05, 0.1) is 22.1 Å². The summed E-state index contributed by atoms with van der Waals surface area (Å²) in [7, 11) is 0. The molecule has 9 rings (SSSR count). The number of nitrogens with zero attached hydrogens (tertiary/aromatic N) is 3. The number of para-hydroxylation sites is 3. The van der Waals surface area contributed by atoms with E-state index in [0.29, 0.717) is 0 Å². The smallest absolute Gasteiger partial charge is 0.165 e. The fourth-order valence-electron chi connectivity index (χ4n) is 6.17. The minimum Gasteiger partial charge on any atom is -0.292 e. The molecule has 0 saturated carbocycles. The minimum absolute atomic E-state index is 0.849. The highest BCUT2D eigenvalue weighted by Gasteiger charge is 2.20. The summed E-state index contributed by atoms with van der Waals surface area (Å²) in [6.45, 7) is 0. The van der Waals surface area contributed by atoms with Crippen LogP contribution in [0, 0.1) is 0 Å². The molecule has 0 radical (unpaired) electrons.